The van der Waals surface area contributed by atoms with E-state index >= 15 is 0 Å². The van der Waals surface area contributed by atoms with Crippen LogP contribution in [0.2, 0.25) is 0 Å². The van der Waals surface area contributed by atoms with Gasteiger partial charge in [0.05, 0.1) is 27.7 Å². The highest BCUT2D eigenvalue weighted by atomic mass is 16.3. The highest BCUT2D eigenvalue weighted by Crippen LogP contribution is 2.45. The highest BCUT2D eigenvalue weighted by molar-refractivity contribution is 6.19. The van der Waals surface area contributed by atoms with Gasteiger partial charge in [-0.2, -0.15) is 0 Å². The zero-order chi connectivity index (χ0) is 40.5. The third kappa shape index (κ3) is 4.74. The van der Waals surface area contributed by atoms with E-state index in [0.29, 0.717) is 22.7 Å². The first-order valence-corrected chi connectivity index (χ1v) is 20.8. The molecule has 0 aliphatic carbocycles. The molecule has 14 aromatic rings. The minimum Gasteiger partial charge on any atom is -0.456 e. The standard InChI is InChI=1S/C56H31N3O3/c1-2-12-32(13-3-1)35-23-27-49-43(29-35)53-55(62-49)52(36-22-24-39-38-17-7-10-20-47(38)60-50(39)31-36)57-56(58-53)41-25-26-45(51-40-18-8-11-21-48(40)61-54(41)51)59-44-19-9-6-16-37(44)42-28-33-14-4-5-15-34(33)30-46(42)59/h1-31H. The summed E-state index contributed by atoms with van der Waals surface area (Å²) in [6.07, 6.45) is 0. The monoisotopic (exact) mass is 793 g/mol. The maximum absolute atomic E-state index is 6.93. The van der Waals surface area contributed by atoms with Gasteiger partial charge in [-0.15, -0.1) is 0 Å². The van der Waals surface area contributed by atoms with Gasteiger partial charge in [-0.3, -0.25) is 0 Å². The summed E-state index contributed by atoms with van der Waals surface area (Å²) in [4.78, 5) is 10.8. The van der Waals surface area contributed by atoms with Gasteiger partial charge in [0.25, 0.3) is 0 Å². The van der Waals surface area contributed by atoms with E-state index in [0.717, 1.165) is 93.8 Å². The van der Waals surface area contributed by atoms with Crippen LogP contribution in [0.5, 0.6) is 0 Å². The highest BCUT2D eigenvalue weighted by Gasteiger charge is 2.25. The molecule has 0 N–H and O–H groups in total. The number of hydrogen-bond acceptors (Lipinski definition) is 5. The number of nitrogens with zero attached hydrogens (tertiary/aromatic N) is 3. The quantitative estimate of drug-likeness (QED) is 0.177. The van der Waals surface area contributed by atoms with E-state index in [1.54, 1.807) is 0 Å². The molecular weight excluding hydrogens is 763 g/mol. The van der Waals surface area contributed by atoms with Crippen LogP contribution in [0.1, 0.15) is 0 Å². The molecule has 0 atom stereocenters. The normalized spacial score (nSPS) is 12.2. The molecule has 14 rings (SSSR count). The molecule has 288 valence electrons. The molecule has 0 aliphatic rings. The van der Waals surface area contributed by atoms with Gasteiger partial charge in [-0.05, 0) is 88.6 Å². The Bertz CT molecular complexity index is 4170. The molecular formula is C56H31N3O3. The van der Waals surface area contributed by atoms with Gasteiger partial charge in [0.15, 0.2) is 11.4 Å². The SMILES string of the molecule is c1ccc(-c2ccc3oc4c(-c5ccc6c(c5)oc5ccccc56)nc(-c5ccc(-n6c7ccccc7c7cc8ccccc8cc76)c6c5oc5ccccc56)nc4c3c2)cc1. The fourth-order valence-corrected chi connectivity index (χ4v) is 9.73. The zero-order valence-electron chi connectivity index (χ0n) is 33.0. The Kier molecular flexibility index (Phi) is 6.74. The summed E-state index contributed by atoms with van der Waals surface area (Å²) in [5.41, 5.74) is 13.0. The predicted molar refractivity (Wildman–Crippen MR) is 252 cm³/mol. The van der Waals surface area contributed by atoms with Crippen LogP contribution in [0.4, 0.5) is 0 Å². The molecule has 9 aromatic carbocycles. The molecule has 0 saturated carbocycles. The van der Waals surface area contributed by atoms with Gasteiger partial charge < -0.3 is 17.8 Å². The number of aromatic nitrogens is 3. The molecule has 62 heavy (non-hydrogen) atoms. The maximum Gasteiger partial charge on any atom is 0.180 e. The second-order valence-electron chi connectivity index (χ2n) is 16.1. The van der Waals surface area contributed by atoms with Crippen LogP contribution in [0.3, 0.4) is 0 Å². The molecule has 0 amide bonds. The van der Waals surface area contributed by atoms with Gasteiger partial charge in [0, 0.05) is 37.9 Å². The van der Waals surface area contributed by atoms with E-state index in [1.807, 2.05) is 42.5 Å². The lowest BCUT2D eigenvalue weighted by Gasteiger charge is -2.12. The molecule has 0 bridgehead atoms. The van der Waals surface area contributed by atoms with E-state index < -0.39 is 0 Å². The van der Waals surface area contributed by atoms with Crippen molar-refractivity contribution in [2.45, 2.75) is 0 Å². The minimum absolute atomic E-state index is 0.536. The largest absolute Gasteiger partial charge is 0.456 e. The number of fused-ring (bicyclic) bond motifs is 13. The molecule has 5 heterocycles. The van der Waals surface area contributed by atoms with Crippen LogP contribution < -0.4 is 0 Å². The lowest BCUT2D eigenvalue weighted by molar-refractivity contribution is 0.665. The first-order valence-electron chi connectivity index (χ1n) is 20.8. The Balaban J connectivity index is 1.07. The number of hydrogen-bond donors (Lipinski definition) is 0. The zero-order valence-corrected chi connectivity index (χ0v) is 33.0. The summed E-state index contributed by atoms with van der Waals surface area (Å²) < 4.78 is 22.4. The second-order valence-corrected chi connectivity index (χ2v) is 16.1. The Hall–Kier alpha value is -8.48. The topological polar surface area (TPSA) is 70.1 Å². The van der Waals surface area contributed by atoms with Crippen molar-refractivity contribution < 1.29 is 13.3 Å². The van der Waals surface area contributed by atoms with Crippen molar-refractivity contribution in [3.8, 4) is 39.5 Å². The smallest absolute Gasteiger partial charge is 0.180 e. The summed E-state index contributed by atoms with van der Waals surface area (Å²) in [6, 6.07) is 65.6. The average Bonchev–Trinajstić information content (AvgIpc) is 4.09. The summed E-state index contributed by atoms with van der Waals surface area (Å²) in [5.74, 6) is 0.536. The summed E-state index contributed by atoms with van der Waals surface area (Å²) in [6.45, 7) is 0. The first-order chi connectivity index (χ1) is 30.7. The van der Waals surface area contributed by atoms with Crippen LogP contribution in [0.25, 0.3) is 138 Å². The van der Waals surface area contributed by atoms with E-state index in [-0.39, 0.29) is 0 Å². The van der Waals surface area contributed by atoms with Gasteiger partial charge in [0.1, 0.15) is 39.1 Å². The van der Waals surface area contributed by atoms with E-state index in [4.69, 9.17) is 23.2 Å². The lowest BCUT2D eigenvalue weighted by Crippen LogP contribution is -1.98. The van der Waals surface area contributed by atoms with Crippen molar-refractivity contribution in [3.05, 3.63) is 188 Å². The first kappa shape index (κ1) is 33.4. The average molecular weight is 794 g/mol. The predicted octanol–water partition coefficient (Wildman–Crippen LogP) is 15.4. The minimum atomic E-state index is 0.536. The van der Waals surface area contributed by atoms with Crippen molar-refractivity contribution in [2.24, 2.45) is 0 Å². The van der Waals surface area contributed by atoms with Gasteiger partial charge >= 0.3 is 0 Å². The molecule has 0 radical (unpaired) electrons. The molecule has 0 saturated heterocycles. The van der Waals surface area contributed by atoms with Crippen LogP contribution >= 0.6 is 0 Å². The molecule has 6 heteroatoms. The fraction of sp³-hybridized carbons (Fsp3) is 0. The number of benzene rings is 9. The molecule has 0 unspecified atom stereocenters. The Labute approximate surface area is 352 Å². The van der Waals surface area contributed by atoms with Crippen LogP contribution in [-0.2, 0) is 0 Å². The second kappa shape index (κ2) is 12.5. The summed E-state index contributed by atoms with van der Waals surface area (Å²) in [5, 5.41) is 9.83. The summed E-state index contributed by atoms with van der Waals surface area (Å²) in [7, 11) is 0. The van der Waals surface area contributed by atoms with Crippen molar-refractivity contribution >= 4 is 98.5 Å². The lowest BCUT2D eigenvalue weighted by atomic mass is 10.0. The number of rotatable bonds is 4. The third-order valence-corrected chi connectivity index (χ3v) is 12.6. The van der Waals surface area contributed by atoms with Gasteiger partial charge in [-0.25, -0.2) is 9.97 Å². The van der Waals surface area contributed by atoms with Crippen molar-refractivity contribution in [2.75, 3.05) is 0 Å². The molecule has 0 fully saturated rings. The van der Waals surface area contributed by atoms with Crippen LogP contribution in [-0.4, -0.2) is 14.5 Å². The van der Waals surface area contributed by atoms with Crippen molar-refractivity contribution in [1.29, 1.82) is 0 Å². The molecule has 6 nitrogen and oxygen atoms in total. The summed E-state index contributed by atoms with van der Waals surface area (Å²) >= 11 is 0. The van der Waals surface area contributed by atoms with Crippen molar-refractivity contribution in [3.63, 3.8) is 0 Å². The third-order valence-electron chi connectivity index (χ3n) is 12.6. The maximum atomic E-state index is 6.93. The van der Waals surface area contributed by atoms with Crippen LogP contribution in [0, 0.1) is 0 Å². The van der Waals surface area contributed by atoms with Gasteiger partial charge in [0.2, 0.25) is 0 Å². The fourth-order valence-electron chi connectivity index (χ4n) is 9.73. The van der Waals surface area contributed by atoms with Crippen molar-refractivity contribution in [1.82, 2.24) is 14.5 Å². The number of para-hydroxylation sites is 3. The Morgan fingerprint density at radius 2 is 1.05 bits per heavy atom. The Morgan fingerprint density at radius 3 is 1.92 bits per heavy atom. The van der Waals surface area contributed by atoms with Gasteiger partial charge in [-0.1, -0.05) is 121 Å². The van der Waals surface area contributed by atoms with E-state index in [2.05, 4.69) is 150 Å². The molecule has 0 aliphatic heterocycles. The number of furan rings is 3. The molecule has 5 aromatic heterocycles. The van der Waals surface area contributed by atoms with Crippen LogP contribution in [0.15, 0.2) is 201 Å². The van der Waals surface area contributed by atoms with E-state index in [9.17, 15) is 0 Å². The molecule has 0 spiro atoms. The van der Waals surface area contributed by atoms with E-state index in [1.165, 1.54) is 21.5 Å². The Morgan fingerprint density at radius 1 is 0.371 bits per heavy atom.